The molecule has 0 aliphatic carbocycles. The molecule has 0 fully saturated rings. The van der Waals surface area contributed by atoms with E-state index in [1.165, 1.54) is 12.1 Å². The first-order valence-corrected chi connectivity index (χ1v) is 4.68. The zero-order valence-corrected chi connectivity index (χ0v) is 8.66. The van der Waals surface area contributed by atoms with E-state index in [1.807, 2.05) is 20.2 Å². The van der Waals surface area contributed by atoms with E-state index in [4.69, 9.17) is 0 Å². The zero-order chi connectivity index (χ0) is 10.8. The Labute approximate surface area is 87.5 Å². The summed E-state index contributed by atoms with van der Waals surface area (Å²) in [5, 5.41) is 7.20. The van der Waals surface area contributed by atoms with E-state index in [9.17, 15) is 4.39 Å². The summed E-state index contributed by atoms with van der Waals surface area (Å²) in [4.78, 5) is 0. The van der Waals surface area contributed by atoms with Crippen molar-refractivity contribution in [2.45, 2.75) is 0 Å². The molecule has 78 valence electrons. The molecule has 0 aliphatic heterocycles. The Hall–Kier alpha value is -1.84. The van der Waals surface area contributed by atoms with Crippen LogP contribution in [-0.2, 0) is 7.05 Å². The number of aromatic nitrogens is 2. The smallest absolute Gasteiger partial charge is 0.148 e. The quantitative estimate of drug-likeness (QED) is 0.815. The lowest BCUT2D eigenvalue weighted by Crippen LogP contribution is -1.94. The van der Waals surface area contributed by atoms with E-state index >= 15 is 0 Å². The van der Waals surface area contributed by atoms with Gasteiger partial charge in [0.15, 0.2) is 0 Å². The van der Waals surface area contributed by atoms with Crippen molar-refractivity contribution in [3.05, 3.63) is 36.1 Å². The number of hydrogen-bond donors (Lipinski definition) is 1. The Morgan fingerprint density at radius 2 is 1.93 bits per heavy atom. The maximum Gasteiger partial charge on any atom is 0.148 e. The van der Waals surface area contributed by atoms with Gasteiger partial charge in [0.2, 0.25) is 0 Å². The Morgan fingerprint density at radius 3 is 2.47 bits per heavy atom. The standard InChI is InChI=1S/C11H12FN3/c1-13-11-7-10(15(2)14-11)8-3-5-9(12)6-4-8/h3-7H,1-2H3,(H,13,14). The zero-order valence-electron chi connectivity index (χ0n) is 8.66. The van der Waals surface area contributed by atoms with Crippen LogP contribution in [0.5, 0.6) is 0 Å². The van der Waals surface area contributed by atoms with Gasteiger partial charge < -0.3 is 5.32 Å². The molecule has 2 aromatic rings. The lowest BCUT2D eigenvalue weighted by atomic mass is 10.1. The summed E-state index contributed by atoms with van der Waals surface area (Å²) < 4.78 is 14.5. The molecule has 0 saturated carbocycles. The molecule has 0 bridgehead atoms. The summed E-state index contributed by atoms with van der Waals surface area (Å²) in [5.41, 5.74) is 1.91. The monoisotopic (exact) mass is 205 g/mol. The number of benzene rings is 1. The summed E-state index contributed by atoms with van der Waals surface area (Å²) in [6, 6.07) is 8.30. The van der Waals surface area contributed by atoms with Crippen molar-refractivity contribution in [3.63, 3.8) is 0 Å². The highest BCUT2D eigenvalue weighted by atomic mass is 19.1. The fourth-order valence-corrected chi connectivity index (χ4v) is 1.48. The predicted octanol–water partition coefficient (Wildman–Crippen LogP) is 2.27. The minimum Gasteiger partial charge on any atom is -0.372 e. The summed E-state index contributed by atoms with van der Waals surface area (Å²) in [5.74, 6) is 0.576. The van der Waals surface area contributed by atoms with Crippen LogP contribution < -0.4 is 5.32 Å². The molecule has 15 heavy (non-hydrogen) atoms. The van der Waals surface area contributed by atoms with E-state index in [2.05, 4.69) is 10.4 Å². The maximum absolute atomic E-state index is 12.7. The Bertz CT molecular complexity index is 459. The van der Waals surface area contributed by atoms with Crippen molar-refractivity contribution in [3.8, 4) is 11.3 Å². The van der Waals surface area contributed by atoms with Crippen LogP contribution in [0.2, 0.25) is 0 Å². The molecule has 0 spiro atoms. The molecule has 0 aliphatic rings. The fourth-order valence-electron chi connectivity index (χ4n) is 1.48. The van der Waals surface area contributed by atoms with Gasteiger partial charge in [-0.05, 0) is 24.3 Å². The van der Waals surface area contributed by atoms with Gasteiger partial charge in [-0.3, -0.25) is 4.68 Å². The lowest BCUT2D eigenvalue weighted by molar-refractivity contribution is 0.628. The minimum absolute atomic E-state index is 0.227. The molecular formula is C11H12FN3. The van der Waals surface area contributed by atoms with Crippen molar-refractivity contribution in [2.24, 2.45) is 7.05 Å². The minimum atomic E-state index is -0.227. The third kappa shape index (κ3) is 1.83. The van der Waals surface area contributed by atoms with Crippen LogP contribution >= 0.6 is 0 Å². The van der Waals surface area contributed by atoms with Gasteiger partial charge in [-0.15, -0.1) is 0 Å². The van der Waals surface area contributed by atoms with Crippen LogP contribution in [0.4, 0.5) is 10.2 Å². The topological polar surface area (TPSA) is 29.9 Å². The molecule has 0 radical (unpaired) electrons. The number of nitrogens with one attached hydrogen (secondary N) is 1. The highest BCUT2D eigenvalue weighted by Gasteiger charge is 2.05. The number of rotatable bonds is 2. The normalized spacial score (nSPS) is 10.3. The Morgan fingerprint density at radius 1 is 1.27 bits per heavy atom. The van der Waals surface area contributed by atoms with Crippen molar-refractivity contribution < 1.29 is 4.39 Å². The SMILES string of the molecule is CNc1cc(-c2ccc(F)cc2)n(C)n1. The molecule has 4 heteroatoms. The van der Waals surface area contributed by atoms with Gasteiger partial charge >= 0.3 is 0 Å². The number of halogens is 1. The van der Waals surface area contributed by atoms with E-state index < -0.39 is 0 Å². The van der Waals surface area contributed by atoms with E-state index in [0.29, 0.717) is 0 Å². The van der Waals surface area contributed by atoms with Crippen molar-refractivity contribution in [2.75, 3.05) is 12.4 Å². The molecule has 1 heterocycles. The van der Waals surface area contributed by atoms with Crippen LogP contribution in [0.3, 0.4) is 0 Å². The van der Waals surface area contributed by atoms with Crippen LogP contribution in [0, 0.1) is 5.82 Å². The Balaban J connectivity index is 2.44. The molecule has 3 nitrogen and oxygen atoms in total. The summed E-state index contributed by atoms with van der Waals surface area (Å²) in [6.45, 7) is 0. The maximum atomic E-state index is 12.7. The third-order valence-corrected chi connectivity index (χ3v) is 2.28. The fraction of sp³-hybridized carbons (Fsp3) is 0.182. The second kappa shape index (κ2) is 3.73. The van der Waals surface area contributed by atoms with Crippen LogP contribution in [-0.4, -0.2) is 16.8 Å². The average Bonchev–Trinajstić information content (AvgIpc) is 2.61. The highest BCUT2D eigenvalue weighted by Crippen LogP contribution is 2.21. The van der Waals surface area contributed by atoms with Crippen LogP contribution in [0.15, 0.2) is 30.3 Å². The third-order valence-electron chi connectivity index (χ3n) is 2.28. The summed E-state index contributed by atoms with van der Waals surface area (Å²) in [6.07, 6.45) is 0. The molecule has 1 aromatic heterocycles. The van der Waals surface area contributed by atoms with E-state index in [1.54, 1.807) is 16.8 Å². The van der Waals surface area contributed by atoms with Crippen LogP contribution in [0.25, 0.3) is 11.3 Å². The molecule has 0 amide bonds. The largest absolute Gasteiger partial charge is 0.372 e. The van der Waals surface area contributed by atoms with Crippen LogP contribution in [0.1, 0.15) is 0 Å². The van der Waals surface area contributed by atoms with Gasteiger partial charge in [0.1, 0.15) is 11.6 Å². The van der Waals surface area contributed by atoms with Gasteiger partial charge in [0, 0.05) is 25.7 Å². The number of hydrogen-bond acceptors (Lipinski definition) is 2. The number of nitrogens with zero attached hydrogens (tertiary/aromatic N) is 2. The van der Waals surface area contributed by atoms with Gasteiger partial charge in [-0.25, -0.2) is 4.39 Å². The first-order valence-electron chi connectivity index (χ1n) is 4.68. The van der Waals surface area contributed by atoms with E-state index in [0.717, 1.165) is 17.1 Å². The lowest BCUT2D eigenvalue weighted by Gasteiger charge is -2.00. The predicted molar refractivity (Wildman–Crippen MR) is 58.1 cm³/mol. The molecule has 0 atom stereocenters. The van der Waals surface area contributed by atoms with Gasteiger partial charge in [0.05, 0.1) is 5.69 Å². The first kappa shape index (κ1) is 9.71. The first-order chi connectivity index (χ1) is 7.20. The van der Waals surface area contributed by atoms with Crippen molar-refractivity contribution in [1.82, 2.24) is 9.78 Å². The molecule has 1 N–H and O–H groups in total. The molecule has 2 rings (SSSR count). The molecule has 0 saturated heterocycles. The molecular weight excluding hydrogens is 193 g/mol. The highest BCUT2D eigenvalue weighted by molar-refractivity contribution is 5.63. The summed E-state index contributed by atoms with van der Waals surface area (Å²) >= 11 is 0. The van der Waals surface area contributed by atoms with Gasteiger partial charge in [-0.2, -0.15) is 5.10 Å². The number of aryl methyl sites for hydroxylation is 1. The number of anilines is 1. The molecule has 1 aromatic carbocycles. The summed E-state index contributed by atoms with van der Waals surface area (Å²) in [7, 11) is 3.68. The molecule has 0 unspecified atom stereocenters. The van der Waals surface area contributed by atoms with Crippen molar-refractivity contribution in [1.29, 1.82) is 0 Å². The van der Waals surface area contributed by atoms with Gasteiger partial charge in [-0.1, -0.05) is 0 Å². The second-order valence-electron chi connectivity index (χ2n) is 3.30. The second-order valence-corrected chi connectivity index (χ2v) is 3.30. The Kier molecular flexibility index (Phi) is 2.41. The van der Waals surface area contributed by atoms with Gasteiger partial charge in [0.25, 0.3) is 0 Å². The average molecular weight is 205 g/mol. The van der Waals surface area contributed by atoms with E-state index in [-0.39, 0.29) is 5.82 Å². The van der Waals surface area contributed by atoms with Crippen molar-refractivity contribution >= 4 is 5.82 Å².